The smallest absolute Gasteiger partial charge is 0.242 e. The zero-order valence-corrected chi connectivity index (χ0v) is 14.0. The SMILES string of the molecule is O=C(/C=C/C=C/c1ccccc1)OOC(=O)/C=C/C=C/c1ccccc1. The maximum Gasteiger partial charge on any atom is 0.379 e. The Labute approximate surface area is 152 Å². The Morgan fingerprint density at radius 1 is 0.577 bits per heavy atom. The topological polar surface area (TPSA) is 52.6 Å². The predicted octanol–water partition coefficient (Wildman–Crippen LogP) is 4.53. The number of rotatable bonds is 6. The molecule has 2 aromatic rings. The fourth-order valence-corrected chi connectivity index (χ4v) is 1.87. The van der Waals surface area contributed by atoms with Crippen LogP contribution >= 0.6 is 0 Å². The Bertz CT molecular complexity index is 744. The third-order valence-corrected chi connectivity index (χ3v) is 3.07. The molecule has 0 amide bonds. The summed E-state index contributed by atoms with van der Waals surface area (Å²) in [4.78, 5) is 31.6. The van der Waals surface area contributed by atoms with Crippen molar-refractivity contribution in [3.8, 4) is 0 Å². The van der Waals surface area contributed by atoms with Crippen molar-refractivity contribution in [2.75, 3.05) is 0 Å². The van der Waals surface area contributed by atoms with Crippen molar-refractivity contribution in [3.05, 3.63) is 108 Å². The molecule has 0 heterocycles. The van der Waals surface area contributed by atoms with E-state index in [1.165, 1.54) is 12.2 Å². The lowest BCUT2D eigenvalue weighted by Gasteiger charge is -1.96. The van der Waals surface area contributed by atoms with Crippen molar-refractivity contribution in [1.29, 1.82) is 0 Å². The molecule has 0 unspecified atom stereocenters. The van der Waals surface area contributed by atoms with E-state index in [2.05, 4.69) is 9.78 Å². The van der Waals surface area contributed by atoms with Crippen molar-refractivity contribution in [3.63, 3.8) is 0 Å². The van der Waals surface area contributed by atoms with Gasteiger partial charge >= 0.3 is 11.9 Å². The van der Waals surface area contributed by atoms with Crippen molar-refractivity contribution >= 4 is 24.1 Å². The van der Waals surface area contributed by atoms with Gasteiger partial charge in [0.1, 0.15) is 0 Å². The molecule has 2 aromatic carbocycles. The number of hydrogen-bond donors (Lipinski definition) is 0. The predicted molar refractivity (Wildman–Crippen MR) is 101 cm³/mol. The van der Waals surface area contributed by atoms with Crippen molar-refractivity contribution in [2.45, 2.75) is 0 Å². The lowest BCUT2D eigenvalue weighted by atomic mass is 10.2. The molecule has 2 rings (SSSR count). The number of carbonyl (C=O) groups is 2. The van der Waals surface area contributed by atoms with E-state index in [9.17, 15) is 9.59 Å². The summed E-state index contributed by atoms with van der Waals surface area (Å²) in [7, 11) is 0. The third kappa shape index (κ3) is 7.75. The fraction of sp³-hybridized carbons (Fsp3) is 0. The second kappa shape index (κ2) is 11.0. The quantitative estimate of drug-likeness (QED) is 0.334. The summed E-state index contributed by atoms with van der Waals surface area (Å²) < 4.78 is 0. The lowest BCUT2D eigenvalue weighted by Crippen LogP contribution is -2.06. The lowest BCUT2D eigenvalue weighted by molar-refractivity contribution is -0.250. The van der Waals surface area contributed by atoms with Crippen LogP contribution in [0.2, 0.25) is 0 Å². The summed E-state index contributed by atoms with van der Waals surface area (Å²) in [5, 5.41) is 0. The summed E-state index contributed by atoms with van der Waals surface area (Å²) in [6, 6.07) is 19.2. The Kier molecular flexibility index (Phi) is 7.90. The minimum Gasteiger partial charge on any atom is -0.242 e. The first kappa shape index (κ1) is 18.7. The molecule has 0 aromatic heterocycles. The molecule has 0 N–H and O–H groups in total. The van der Waals surface area contributed by atoms with Gasteiger partial charge in [0.25, 0.3) is 0 Å². The van der Waals surface area contributed by atoms with Gasteiger partial charge in [-0.3, -0.25) is 0 Å². The summed E-state index contributed by atoms with van der Waals surface area (Å²) >= 11 is 0. The number of carbonyl (C=O) groups excluding carboxylic acids is 2. The Balaban J connectivity index is 1.68. The van der Waals surface area contributed by atoms with Crippen LogP contribution in [0.5, 0.6) is 0 Å². The first-order valence-corrected chi connectivity index (χ1v) is 7.96. The molecule has 0 fully saturated rings. The van der Waals surface area contributed by atoms with E-state index in [1.54, 1.807) is 12.2 Å². The molecule has 0 aliphatic heterocycles. The van der Waals surface area contributed by atoms with E-state index in [0.29, 0.717) is 0 Å². The van der Waals surface area contributed by atoms with Crippen molar-refractivity contribution in [2.24, 2.45) is 0 Å². The summed E-state index contributed by atoms with van der Waals surface area (Å²) in [5.74, 6) is -1.55. The van der Waals surface area contributed by atoms with Gasteiger partial charge in [0.05, 0.1) is 0 Å². The molecule has 0 saturated heterocycles. The molecule has 0 spiro atoms. The molecule has 4 heteroatoms. The Morgan fingerprint density at radius 3 is 1.35 bits per heavy atom. The highest BCUT2D eigenvalue weighted by Gasteiger charge is 2.02. The molecule has 0 radical (unpaired) electrons. The molecular weight excluding hydrogens is 328 g/mol. The van der Waals surface area contributed by atoms with Crippen LogP contribution in [-0.4, -0.2) is 11.9 Å². The van der Waals surface area contributed by atoms with E-state index in [4.69, 9.17) is 0 Å². The maximum atomic E-state index is 11.4. The summed E-state index contributed by atoms with van der Waals surface area (Å²) in [6.07, 6.45) is 12.4. The van der Waals surface area contributed by atoms with Gasteiger partial charge in [-0.1, -0.05) is 97.1 Å². The summed E-state index contributed by atoms with van der Waals surface area (Å²) in [6.45, 7) is 0. The van der Waals surface area contributed by atoms with Crippen LogP contribution in [-0.2, 0) is 19.4 Å². The van der Waals surface area contributed by atoms with Crippen LogP contribution in [0.4, 0.5) is 0 Å². The minimum atomic E-state index is -0.774. The molecule has 0 saturated carbocycles. The molecule has 26 heavy (non-hydrogen) atoms. The van der Waals surface area contributed by atoms with Crippen molar-refractivity contribution in [1.82, 2.24) is 0 Å². The molecule has 0 aliphatic rings. The monoisotopic (exact) mass is 346 g/mol. The average molecular weight is 346 g/mol. The largest absolute Gasteiger partial charge is 0.379 e. The molecule has 130 valence electrons. The standard InChI is InChI=1S/C22H18O4/c23-21(17-9-7-15-19-11-3-1-4-12-19)25-26-22(24)18-10-8-16-20-13-5-2-6-14-20/h1-18H/b15-7+,16-8+,17-9+,18-10+. The van der Waals surface area contributed by atoms with Gasteiger partial charge in [-0.15, -0.1) is 0 Å². The molecule has 0 bridgehead atoms. The van der Waals surface area contributed by atoms with Crippen LogP contribution in [0, 0.1) is 0 Å². The Morgan fingerprint density at radius 2 is 0.962 bits per heavy atom. The van der Waals surface area contributed by atoms with E-state index in [0.717, 1.165) is 23.3 Å². The maximum absolute atomic E-state index is 11.4. The van der Waals surface area contributed by atoms with E-state index in [-0.39, 0.29) is 0 Å². The van der Waals surface area contributed by atoms with Gasteiger partial charge in [-0.25, -0.2) is 19.4 Å². The zero-order chi connectivity index (χ0) is 18.5. The highest BCUT2D eigenvalue weighted by Crippen LogP contribution is 2.02. The second-order valence-corrected chi connectivity index (χ2v) is 5.06. The van der Waals surface area contributed by atoms with Crippen LogP contribution in [0.15, 0.2) is 97.1 Å². The summed E-state index contributed by atoms with van der Waals surface area (Å²) in [5.41, 5.74) is 2.01. The molecular formula is C22H18O4. The first-order chi connectivity index (χ1) is 12.7. The molecule has 0 aliphatic carbocycles. The highest BCUT2D eigenvalue weighted by molar-refractivity contribution is 5.85. The van der Waals surface area contributed by atoms with E-state index < -0.39 is 11.9 Å². The molecule has 4 nitrogen and oxygen atoms in total. The number of allylic oxidation sites excluding steroid dienone is 4. The van der Waals surface area contributed by atoms with Crippen LogP contribution in [0.25, 0.3) is 12.2 Å². The van der Waals surface area contributed by atoms with Crippen LogP contribution in [0.3, 0.4) is 0 Å². The van der Waals surface area contributed by atoms with E-state index in [1.807, 2.05) is 72.8 Å². The normalized spacial score (nSPS) is 11.5. The fourth-order valence-electron chi connectivity index (χ4n) is 1.87. The molecule has 0 atom stereocenters. The van der Waals surface area contributed by atoms with Gasteiger partial charge in [0.2, 0.25) is 0 Å². The van der Waals surface area contributed by atoms with Gasteiger partial charge in [-0.2, -0.15) is 0 Å². The zero-order valence-electron chi connectivity index (χ0n) is 14.0. The van der Waals surface area contributed by atoms with Gasteiger partial charge in [0.15, 0.2) is 0 Å². The van der Waals surface area contributed by atoms with Gasteiger partial charge in [0, 0.05) is 12.2 Å². The number of benzene rings is 2. The van der Waals surface area contributed by atoms with Crippen molar-refractivity contribution < 1.29 is 19.4 Å². The third-order valence-electron chi connectivity index (χ3n) is 3.07. The first-order valence-electron chi connectivity index (χ1n) is 7.96. The Hall–Kier alpha value is -3.66. The second-order valence-electron chi connectivity index (χ2n) is 5.06. The minimum absolute atomic E-state index is 0.774. The van der Waals surface area contributed by atoms with Gasteiger partial charge in [-0.05, 0) is 11.1 Å². The number of hydrogen-bond acceptors (Lipinski definition) is 4. The highest BCUT2D eigenvalue weighted by atomic mass is 17.2. The van der Waals surface area contributed by atoms with Gasteiger partial charge < -0.3 is 0 Å². The average Bonchev–Trinajstić information content (AvgIpc) is 2.68. The van der Waals surface area contributed by atoms with Crippen LogP contribution < -0.4 is 0 Å². The van der Waals surface area contributed by atoms with Crippen LogP contribution in [0.1, 0.15) is 11.1 Å². The van der Waals surface area contributed by atoms with E-state index >= 15 is 0 Å².